The van der Waals surface area contributed by atoms with Crippen LogP contribution in [-0.4, -0.2) is 54.7 Å². The summed E-state index contributed by atoms with van der Waals surface area (Å²) in [7, 11) is -3.81. The molecule has 0 radical (unpaired) electrons. The highest BCUT2D eigenvalue weighted by molar-refractivity contribution is 7.89. The van der Waals surface area contributed by atoms with Gasteiger partial charge >= 0.3 is 0 Å². The molecule has 2 N–H and O–H groups in total. The van der Waals surface area contributed by atoms with E-state index in [1.807, 2.05) is 20.8 Å². The quantitative estimate of drug-likeness (QED) is 0.562. The number of halogens is 3. The third kappa shape index (κ3) is 4.83. The molecule has 0 bridgehead atoms. The van der Waals surface area contributed by atoms with Crippen LogP contribution in [0.4, 0.5) is 0 Å². The van der Waals surface area contributed by atoms with Crippen molar-refractivity contribution in [2.75, 3.05) is 19.6 Å². The van der Waals surface area contributed by atoms with Gasteiger partial charge in [-0.2, -0.15) is 4.31 Å². The summed E-state index contributed by atoms with van der Waals surface area (Å²) in [5.74, 6) is 0.439. The molecule has 1 aromatic rings. The number of hydrogen-bond acceptors (Lipinski definition) is 4. The Balaban J connectivity index is 1.66. The van der Waals surface area contributed by atoms with Crippen LogP contribution in [0.2, 0.25) is 15.1 Å². The molecule has 2 fully saturated rings. The number of nitrogens with zero attached hydrogens (tertiary/aromatic N) is 2. The molecule has 0 aliphatic carbocycles. The van der Waals surface area contributed by atoms with E-state index >= 15 is 0 Å². The number of carbonyl (C=O) groups excluding carboxylic acids is 1. The highest BCUT2D eigenvalue weighted by Crippen LogP contribution is 2.37. The summed E-state index contributed by atoms with van der Waals surface area (Å²) in [4.78, 5) is 14.4. The molecule has 0 saturated carbocycles. The fourth-order valence-corrected chi connectivity index (χ4v) is 6.77. The molecule has 1 unspecified atom stereocenters. The summed E-state index contributed by atoms with van der Waals surface area (Å²) >= 11 is 18.1. The lowest BCUT2D eigenvalue weighted by atomic mass is 9.90. The summed E-state index contributed by atoms with van der Waals surface area (Å²) in [6, 6.07) is 2.78. The van der Waals surface area contributed by atoms with E-state index in [9.17, 15) is 13.2 Å². The van der Waals surface area contributed by atoms with Crippen LogP contribution in [0.15, 0.2) is 17.0 Å². The molecule has 1 atom stereocenters. The van der Waals surface area contributed by atoms with Crippen LogP contribution in [0.1, 0.15) is 40.0 Å². The van der Waals surface area contributed by atoms with Gasteiger partial charge in [0.25, 0.3) is 5.91 Å². The molecule has 172 valence electrons. The Bertz CT molecular complexity index is 994. The molecule has 0 spiro atoms. The standard InChI is InChI=1S/C20H27Cl3N4O3S/c1-12(2)10-20(3)18(28)27(19(24)25-20)11-13-6-8-26(9-7-13)31(29,30)15-5-4-14(21)16(22)17(15)23/h4-5,12-13H,6-11H2,1-3H3,(H2,24,25). The van der Waals surface area contributed by atoms with Gasteiger partial charge < -0.3 is 5.32 Å². The van der Waals surface area contributed by atoms with Crippen molar-refractivity contribution in [3.05, 3.63) is 27.2 Å². The number of carbonyl (C=O) groups is 1. The summed E-state index contributed by atoms with van der Waals surface area (Å²) in [5, 5.41) is 11.4. The lowest BCUT2D eigenvalue weighted by Gasteiger charge is -2.33. The van der Waals surface area contributed by atoms with E-state index in [4.69, 9.17) is 40.2 Å². The van der Waals surface area contributed by atoms with E-state index in [1.165, 1.54) is 21.3 Å². The van der Waals surface area contributed by atoms with Crippen LogP contribution in [-0.2, 0) is 14.8 Å². The number of rotatable bonds is 6. The van der Waals surface area contributed by atoms with Crippen LogP contribution < -0.4 is 5.32 Å². The fourth-order valence-electron chi connectivity index (χ4n) is 4.35. The Morgan fingerprint density at radius 3 is 2.39 bits per heavy atom. The predicted molar refractivity (Wildman–Crippen MR) is 123 cm³/mol. The minimum atomic E-state index is -3.81. The number of benzene rings is 1. The van der Waals surface area contributed by atoms with E-state index in [-0.39, 0.29) is 37.7 Å². The third-order valence-electron chi connectivity index (χ3n) is 5.83. The average Bonchev–Trinajstić information content (AvgIpc) is 2.88. The van der Waals surface area contributed by atoms with Gasteiger partial charge in [-0.05, 0) is 50.2 Å². The molecule has 7 nitrogen and oxygen atoms in total. The van der Waals surface area contributed by atoms with Crippen molar-refractivity contribution in [1.29, 1.82) is 5.41 Å². The minimum Gasteiger partial charge on any atom is -0.342 e. The van der Waals surface area contributed by atoms with Crippen molar-refractivity contribution in [2.24, 2.45) is 11.8 Å². The lowest BCUT2D eigenvalue weighted by molar-refractivity contribution is -0.131. The summed E-state index contributed by atoms with van der Waals surface area (Å²) in [5.41, 5.74) is -0.764. The molecule has 3 rings (SSSR count). The number of sulfonamides is 1. The average molecular weight is 510 g/mol. The second kappa shape index (κ2) is 9.06. The SMILES string of the molecule is CC(C)CC1(C)NC(=N)N(CC2CCN(S(=O)(=O)c3ccc(Cl)c(Cl)c3Cl)CC2)C1=O. The fraction of sp³-hybridized carbons (Fsp3) is 0.600. The van der Waals surface area contributed by atoms with Gasteiger partial charge in [-0.15, -0.1) is 0 Å². The minimum absolute atomic E-state index is 0.0160. The van der Waals surface area contributed by atoms with E-state index in [1.54, 1.807) is 0 Å². The van der Waals surface area contributed by atoms with Gasteiger partial charge in [-0.3, -0.25) is 15.1 Å². The Hall–Kier alpha value is -1.06. The van der Waals surface area contributed by atoms with Gasteiger partial charge in [0.2, 0.25) is 10.0 Å². The number of piperidine rings is 1. The van der Waals surface area contributed by atoms with Crippen LogP contribution in [0, 0.1) is 17.2 Å². The molecule has 0 aromatic heterocycles. The summed E-state index contributed by atoms with van der Waals surface area (Å²) in [6.07, 6.45) is 1.80. The van der Waals surface area contributed by atoms with Crippen LogP contribution in [0.3, 0.4) is 0 Å². The predicted octanol–water partition coefficient (Wildman–Crippen LogP) is 4.22. The van der Waals surface area contributed by atoms with Crippen molar-refractivity contribution in [3.63, 3.8) is 0 Å². The van der Waals surface area contributed by atoms with Gasteiger partial charge in [0.05, 0.1) is 15.1 Å². The van der Waals surface area contributed by atoms with Crippen LogP contribution >= 0.6 is 34.8 Å². The van der Waals surface area contributed by atoms with Crippen LogP contribution in [0.5, 0.6) is 0 Å². The van der Waals surface area contributed by atoms with Crippen molar-refractivity contribution in [3.8, 4) is 0 Å². The van der Waals surface area contributed by atoms with Gasteiger partial charge in [-0.1, -0.05) is 48.7 Å². The molecule has 2 aliphatic rings. The topological polar surface area (TPSA) is 93.6 Å². The third-order valence-corrected chi connectivity index (χ3v) is 9.18. The van der Waals surface area contributed by atoms with Gasteiger partial charge in [0.15, 0.2) is 5.96 Å². The largest absolute Gasteiger partial charge is 0.342 e. The monoisotopic (exact) mass is 508 g/mol. The second-order valence-electron chi connectivity index (χ2n) is 8.84. The van der Waals surface area contributed by atoms with Crippen molar-refractivity contribution >= 4 is 56.7 Å². The van der Waals surface area contributed by atoms with E-state index in [0.717, 1.165) is 0 Å². The second-order valence-corrected chi connectivity index (χ2v) is 11.9. The smallest absolute Gasteiger partial charge is 0.254 e. The normalized spacial score (nSPS) is 23.6. The zero-order valence-corrected chi connectivity index (χ0v) is 20.8. The summed E-state index contributed by atoms with van der Waals surface area (Å²) in [6.45, 7) is 6.93. The molecule has 1 amide bonds. The maximum Gasteiger partial charge on any atom is 0.254 e. The first kappa shape index (κ1) is 24.6. The Morgan fingerprint density at radius 2 is 1.81 bits per heavy atom. The number of guanidine groups is 1. The van der Waals surface area contributed by atoms with Gasteiger partial charge in [-0.25, -0.2) is 8.42 Å². The van der Waals surface area contributed by atoms with Crippen LogP contribution in [0.25, 0.3) is 0 Å². The number of amides is 1. The zero-order chi connectivity index (χ0) is 23.1. The molecule has 2 aliphatic heterocycles. The molecular formula is C20H27Cl3N4O3S. The Kier molecular flexibility index (Phi) is 7.18. The van der Waals surface area contributed by atoms with Crippen molar-refractivity contribution in [2.45, 2.75) is 50.5 Å². The summed E-state index contributed by atoms with van der Waals surface area (Å²) < 4.78 is 27.5. The first-order valence-corrected chi connectivity index (χ1v) is 12.8. The molecule has 2 saturated heterocycles. The first-order valence-electron chi connectivity index (χ1n) is 10.2. The van der Waals surface area contributed by atoms with Crippen molar-refractivity contribution < 1.29 is 13.2 Å². The molecule has 11 heteroatoms. The molecular weight excluding hydrogens is 483 g/mol. The van der Waals surface area contributed by atoms with Gasteiger partial charge in [0.1, 0.15) is 10.4 Å². The maximum absolute atomic E-state index is 13.0. The van der Waals surface area contributed by atoms with E-state index in [2.05, 4.69) is 5.32 Å². The highest BCUT2D eigenvalue weighted by Gasteiger charge is 2.46. The van der Waals surface area contributed by atoms with E-state index < -0.39 is 15.6 Å². The van der Waals surface area contributed by atoms with Crippen molar-refractivity contribution in [1.82, 2.24) is 14.5 Å². The number of nitrogens with one attached hydrogen (secondary N) is 2. The maximum atomic E-state index is 13.0. The molecule has 1 aromatic carbocycles. The molecule has 2 heterocycles. The molecule has 31 heavy (non-hydrogen) atoms. The number of hydrogen-bond donors (Lipinski definition) is 2. The highest BCUT2D eigenvalue weighted by atomic mass is 35.5. The Morgan fingerprint density at radius 1 is 1.19 bits per heavy atom. The Labute approximate surface area is 198 Å². The first-order chi connectivity index (χ1) is 14.4. The van der Waals surface area contributed by atoms with E-state index in [0.29, 0.717) is 44.8 Å². The van der Waals surface area contributed by atoms with Gasteiger partial charge in [0, 0.05) is 19.6 Å². The lowest BCUT2D eigenvalue weighted by Crippen LogP contribution is -2.46. The zero-order valence-electron chi connectivity index (χ0n) is 17.7.